The Labute approximate surface area is 67.4 Å². The van der Waals surface area contributed by atoms with Gasteiger partial charge in [0.25, 0.3) is 5.95 Å². The second kappa shape index (κ2) is 2.56. The van der Waals surface area contributed by atoms with Crippen LogP contribution in [0.25, 0.3) is 5.65 Å². The van der Waals surface area contributed by atoms with Crippen LogP contribution in [0.15, 0.2) is 29.4 Å². The molecule has 0 bridgehead atoms. The molecule has 5 nitrogen and oxygen atoms in total. The van der Waals surface area contributed by atoms with Crippen LogP contribution in [0.3, 0.4) is 0 Å². The van der Waals surface area contributed by atoms with Gasteiger partial charge in [0.1, 0.15) is 0 Å². The highest BCUT2D eigenvalue weighted by Crippen LogP contribution is 2.08. The van der Waals surface area contributed by atoms with Crippen LogP contribution in [-0.2, 0) is 4.79 Å². The summed E-state index contributed by atoms with van der Waals surface area (Å²) in [7, 11) is 0. The Balaban J connectivity index is 2.78. The predicted molar refractivity (Wildman–Crippen MR) is 40.8 cm³/mol. The maximum Gasteiger partial charge on any atom is 0.266 e. The summed E-state index contributed by atoms with van der Waals surface area (Å²) in [5.74, 6) is 0.251. The Bertz CT molecular complexity index is 455. The van der Waals surface area contributed by atoms with Gasteiger partial charge in [-0.25, -0.2) is 4.79 Å². The van der Waals surface area contributed by atoms with Gasteiger partial charge in [-0.05, 0) is 12.1 Å². The first-order chi connectivity index (χ1) is 5.92. The Kier molecular flexibility index (Phi) is 1.43. The summed E-state index contributed by atoms with van der Waals surface area (Å²) in [6.07, 6.45) is 3.14. The highest BCUT2D eigenvalue weighted by Gasteiger charge is 2.00. The Morgan fingerprint density at radius 2 is 2.33 bits per heavy atom. The smallest absolute Gasteiger partial charge is 0.266 e. The number of carbonyl (C=O) groups excluding carboxylic acids is 1. The molecule has 2 heterocycles. The molecule has 0 saturated heterocycles. The van der Waals surface area contributed by atoms with Crippen molar-refractivity contribution in [3.8, 4) is 0 Å². The molecule has 0 atom stereocenters. The zero-order valence-corrected chi connectivity index (χ0v) is 6.01. The van der Waals surface area contributed by atoms with E-state index < -0.39 is 0 Å². The van der Waals surface area contributed by atoms with Gasteiger partial charge in [-0.1, -0.05) is 6.07 Å². The number of hydrogen-bond donors (Lipinski definition) is 0. The molecule has 0 spiro atoms. The summed E-state index contributed by atoms with van der Waals surface area (Å²) >= 11 is 0. The van der Waals surface area contributed by atoms with Crippen LogP contribution in [0.4, 0.5) is 5.95 Å². The van der Waals surface area contributed by atoms with Crippen molar-refractivity contribution in [1.29, 1.82) is 0 Å². The molecule has 0 aliphatic heterocycles. The van der Waals surface area contributed by atoms with E-state index in [0.717, 1.165) is 0 Å². The van der Waals surface area contributed by atoms with Crippen molar-refractivity contribution in [2.24, 2.45) is 4.99 Å². The van der Waals surface area contributed by atoms with E-state index in [9.17, 15) is 4.79 Å². The summed E-state index contributed by atoms with van der Waals surface area (Å²) in [6.45, 7) is 0. The lowest BCUT2D eigenvalue weighted by Crippen LogP contribution is -1.80. The molecule has 5 heteroatoms. The normalized spacial score (nSPS) is 9.67. The first kappa shape index (κ1) is 6.69. The van der Waals surface area contributed by atoms with Gasteiger partial charge in [-0.2, -0.15) is 0 Å². The van der Waals surface area contributed by atoms with Gasteiger partial charge in [0, 0.05) is 6.20 Å². The second-order valence-electron chi connectivity index (χ2n) is 2.13. The maximum absolute atomic E-state index is 9.94. The van der Waals surface area contributed by atoms with Gasteiger partial charge >= 0.3 is 0 Å². The molecule has 0 radical (unpaired) electrons. The molecule has 0 amide bonds. The van der Waals surface area contributed by atoms with E-state index in [1.165, 1.54) is 6.08 Å². The first-order valence-electron chi connectivity index (χ1n) is 3.29. The van der Waals surface area contributed by atoms with E-state index in [2.05, 4.69) is 15.2 Å². The predicted octanol–water partition coefficient (Wildman–Crippen LogP) is 0.697. The van der Waals surface area contributed by atoms with E-state index in [4.69, 9.17) is 0 Å². The summed E-state index contributed by atoms with van der Waals surface area (Å²) in [6, 6.07) is 5.41. The summed E-state index contributed by atoms with van der Waals surface area (Å²) < 4.78 is 1.60. The minimum atomic E-state index is 0.251. The number of hydrogen-bond acceptors (Lipinski definition) is 4. The molecule has 0 N–H and O–H groups in total. The lowest BCUT2D eigenvalue weighted by molar-refractivity contribution is 0.565. The van der Waals surface area contributed by atoms with E-state index in [-0.39, 0.29) is 5.95 Å². The largest absolute Gasteiger partial charge is 0.266 e. The fraction of sp³-hybridized carbons (Fsp3) is 0. The van der Waals surface area contributed by atoms with Crippen LogP contribution >= 0.6 is 0 Å². The number of rotatable bonds is 1. The minimum Gasteiger partial charge on any atom is -0.266 e. The van der Waals surface area contributed by atoms with Gasteiger partial charge < -0.3 is 0 Å². The molecule has 2 aromatic heterocycles. The monoisotopic (exact) mass is 160 g/mol. The maximum atomic E-state index is 9.94. The molecule has 2 aromatic rings. The van der Waals surface area contributed by atoms with Gasteiger partial charge in [-0.3, -0.25) is 4.40 Å². The molecule has 0 saturated carbocycles. The number of pyridine rings is 1. The minimum absolute atomic E-state index is 0.251. The molecule has 0 aliphatic carbocycles. The number of aliphatic imine (C=N–C) groups is 1. The van der Waals surface area contributed by atoms with Gasteiger partial charge in [0.05, 0.1) is 0 Å². The first-order valence-corrected chi connectivity index (χ1v) is 3.29. The standard InChI is InChI=1S/C7H4N4O/c12-5-8-7-10-9-6-3-1-2-4-11(6)7/h1-4H. The third-order valence-corrected chi connectivity index (χ3v) is 1.44. The summed E-state index contributed by atoms with van der Waals surface area (Å²) in [5.41, 5.74) is 0.659. The number of fused-ring (bicyclic) bond motifs is 1. The third-order valence-electron chi connectivity index (χ3n) is 1.44. The van der Waals surface area contributed by atoms with Gasteiger partial charge in [0.15, 0.2) is 5.65 Å². The van der Waals surface area contributed by atoms with E-state index in [1.54, 1.807) is 22.7 Å². The molecule has 0 aliphatic rings. The number of isocyanates is 1. The molecular weight excluding hydrogens is 156 g/mol. The zero-order valence-electron chi connectivity index (χ0n) is 6.01. The van der Waals surface area contributed by atoms with E-state index in [0.29, 0.717) is 5.65 Å². The Morgan fingerprint density at radius 3 is 3.17 bits per heavy atom. The van der Waals surface area contributed by atoms with Crippen molar-refractivity contribution in [2.75, 3.05) is 0 Å². The summed E-state index contributed by atoms with van der Waals surface area (Å²) in [4.78, 5) is 13.3. The average molecular weight is 160 g/mol. The molecule has 0 unspecified atom stereocenters. The lowest BCUT2D eigenvalue weighted by atomic mass is 10.5. The molecular formula is C7H4N4O. The van der Waals surface area contributed by atoms with Crippen molar-refractivity contribution in [1.82, 2.24) is 14.6 Å². The zero-order chi connectivity index (χ0) is 8.39. The van der Waals surface area contributed by atoms with Gasteiger partial charge in [0.2, 0.25) is 6.08 Å². The van der Waals surface area contributed by atoms with Crippen molar-refractivity contribution in [2.45, 2.75) is 0 Å². The van der Waals surface area contributed by atoms with Crippen LogP contribution in [0, 0.1) is 0 Å². The van der Waals surface area contributed by atoms with Crippen LogP contribution in [0.2, 0.25) is 0 Å². The van der Waals surface area contributed by atoms with Crippen LogP contribution in [-0.4, -0.2) is 20.7 Å². The fourth-order valence-corrected chi connectivity index (χ4v) is 0.946. The van der Waals surface area contributed by atoms with Crippen molar-refractivity contribution >= 4 is 17.7 Å². The van der Waals surface area contributed by atoms with Crippen LogP contribution in [0.1, 0.15) is 0 Å². The molecule has 2 rings (SSSR count). The highest BCUT2D eigenvalue weighted by atomic mass is 16.1. The van der Waals surface area contributed by atoms with Crippen LogP contribution < -0.4 is 0 Å². The Morgan fingerprint density at radius 1 is 1.42 bits per heavy atom. The molecule has 0 aromatic carbocycles. The van der Waals surface area contributed by atoms with Crippen molar-refractivity contribution in [3.05, 3.63) is 24.4 Å². The van der Waals surface area contributed by atoms with Crippen molar-refractivity contribution < 1.29 is 4.79 Å². The quantitative estimate of drug-likeness (QED) is 0.455. The summed E-state index contributed by atoms with van der Waals surface area (Å²) in [5, 5.41) is 7.45. The van der Waals surface area contributed by atoms with Crippen molar-refractivity contribution in [3.63, 3.8) is 0 Å². The Hall–Kier alpha value is -2.00. The SMILES string of the molecule is O=C=Nc1nnc2ccccn12. The second-order valence-corrected chi connectivity index (χ2v) is 2.13. The molecule has 0 fully saturated rings. The lowest BCUT2D eigenvalue weighted by Gasteiger charge is -1.88. The third kappa shape index (κ3) is 0.889. The number of aromatic nitrogens is 3. The topological polar surface area (TPSA) is 59.6 Å². The van der Waals surface area contributed by atoms with E-state index in [1.807, 2.05) is 6.07 Å². The fourth-order valence-electron chi connectivity index (χ4n) is 0.946. The average Bonchev–Trinajstić information content (AvgIpc) is 2.50. The van der Waals surface area contributed by atoms with Gasteiger partial charge in [-0.15, -0.1) is 15.2 Å². The molecule has 12 heavy (non-hydrogen) atoms. The molecule has 58 valence electrons. The number of nitrogens with zero attached hydrogens (tertiary/aromatic N) is 4. The van der Waals surface area contributed by atoms with E-state index >= 15 is 0 Å². The van der Waals surface area contributed by atoms with Crippen LogP contribution in [0.5, 0.6) is 0 Å². The highest BCUT2D eigenvalue weighted by molar-refractivity contribution is 5.47.